The van der Waals surface area contributed by atoms with Crippen LogP contribution in [0.15, 0.2) is 23.2 Å². The van der Waals surface area contributed by atoms with Gasteiger partial charge in [-0.1, -0.05) is 24.8 Å². The van der Waals surface area contributed by atoms with E-state index < -0.39 is 0 Å². The average Bonchev–Trinajstić information content (AvgIpc) is 3.16. The zero-order chi connectivity index (χ0) is 17.1. The van der Waals surface area contributed by atoms with Crippen molar-refractivity contribution < 1.29 is 9.53 Å². The van der Waals surface area contributed by atoms with Gasteiger partial charge >= 0.3 is 5.97 Å². The van der Waals surface area contributed by atoms with Gasteiger partial charge in [-0.05, 0) is 30.7 Å². The fourth-order valence-electron chi connectivity index (χ4n) is 2.94. The predicted molar refractivity (Wildman–Crippen MR) is 97.5 cm³/mol. The van der Waals surface area contributed by atoms with Gasteiger partial charge in [0.05, 0.1) is 12.9 Å². The molecule has 3 rings (SSSR count). The number of rotatable bonds is 6. The van der Waals surface area contributed by atoms with Crippen molar-refractivity contribution in [3.05, 3.63) is 28.5 Å². The maximum absolute atomic E-state index is 11.4. The summed E-state index contributed by atoms with van der Waals surface area (Å²) < 4.78 is 6.73. The standard InChI is InChI=1S/C17H21N3O2S2/c1-4-7-20-16(18-19-17(20)24-10-15(21)22-3)13-9-23-14-8-11(2)5-6-12(13)14/h4,9,11H,1,5-8,10H2,2-3H3/t11-/m1/s1. The number of hydrogen-bond donors (Lipinski definition) is 0. The Morgan fingerprint density at radius 3 is 3.17 bits per heavy atom. The highest BCUT2D eigenvalue weighted by molar-refractivity contribution is 7.99. The molecule has 0 unspecified atom stereocenters. The molecule has 0 spiro atoms. The first-order chi connectivity index (χ1) is 11.6. The van der Waals surface area contributed by atoms with Crippen LogP contribution in [0.25, 0.3) is 11.4 Å². The molecule has 1 aliphatic rings. The first kappa shape index (κ1) is 17.2. The van der Waals surface area contributed by atoms with Gasteiger partial charge < -0.3 is 4.74 Å². The fourth-order valence-corrected chi connectivity index (χ4v) is 4.96. The molecule has 24 heavy (non-hydrogen) atoms. The van der Waals surface area contributed by atoms with Gasteiger partial charge in [-0.25, -0.2) is 0 Å². The second-order valence-electron chi connectivity index (χ2n) is 5.97. The van der Waals surface area contributed by atoms with Crippen LogP contribution in [0, 0.1) is 5.92 Å². The summed E-state index contributed by atoms with van der Waals surface area (Å²) in [7, 11) is 1.39. The van der Waals surface area contributed by atoms with Crippen LogP contribution in [0.2, 0.25) is 0 Å². The molecule has 0 bridgehead atoms. The molecule has 0 amide bonds. The summed E-state index contributed by atoms with van der Waals surface area (Å²) in [5.74, 6) is 1.58. The van der Waals surface area contributed by atoms with Crippen molar-refractivity contribution >= 4 is 29.1 Å². The third-order valence-electron chi connectivity index (χ3n) is 4.22. The van der Waals surface area contributed by atoms with Crippen LogP contribution in [0.5, 0.6) is 0 Å². The average molecular weight is 364 g/mol. The summed E-state index contributed by atoms with van der Waals surface area (Å²) in [6, 6.07) is 0. The quantitative estimate of drug-likeness (QED) is 0.446. The molecule has 2 heterocycles. The number of esters is 1. The van der Waals surface area contributed by atoms with E-state index in [0.717, 1.165) is 29.7 Å². The van der Waals surface area contributed by atoms with E-state index in [1.54, 1.807) is 0 Å². The Balaban J connectivity index is 1.92. The number of aromatic nitrogens is 3. The van der Waals surface area contributed by atoms with Crippen LogP contribution in [0.1, 0.15) is 23.8 Å². The van der Waals surface area contributed by atoms with E-state index in [4.69, 9.17) is 4.74 Å². The third-order valence-corrected chi connectivity index (χ3v) is 6.21. The molecule has 0 aliphatic heterocycles. The van der Waals surface area contributed by atoms with Gasteiger partial charge in [-0.3, -0.25) is 9.36 Å². The molecule has 0 saturated heterocycles. The monoisotopic (exact) mass is 363 g/mol. The van der Waals surface area contributed by atoms with Crippen LogP contribution < -0.4 is 0 Å². The van der Waals surface area contributed by atoms with Crippen molar-refractivity contribution in [2.45, 2.75) is 37.9 Å². The van der Waals surface area contributed by atoms with Crippen LogP contribution in [0.4, 0.5) is 0 Å². The maximum atomic E-state index is 11.4. The lowest BCUT2D eigenvalue weighted by atomic mass is 9.88. The molecule has 1 aliphatic carbocycles. The summed E-state index contributed by atoms with van der Waals surface area (Å²) in [5.41, 5.74) is 2.60. The zero-order valence-electron chi connectivity index (χ0n) is 13.9. The summed E-state index contributed by atoms with van der Waals surface area (Å²) in [4.78, 5) is 12.9. The second kappa shape index (κ2) is 7.53. The number of hydrogen-bond acceptors (Lipinski definition) is 6. The molecule has 2 aromatic heterocycles. The number of thiophene rings is 1. The van der Waals surface area contributed by atoms with Crippen LogP contribution in [-0.2, 0) is 28.9 Å². The largest absolute Gasteiger partial charge is 0.468 e. The lowest BCUT2D eigenvalue weighted by molar-refractivity contribution is -0.137. The van der Waals surface area contributed by atoms with Gasteiger partial charge in [0.2, 0.25) is 0 Å². The van der Waals surface area contributed by atoms with E-state index in [1.165, 1.54) is 41.3 Å². The van der Waals surface area contributed by atoms with Gasteiger partial charge in [0.25, 0.3) is 0 Å². The van der Waals surface area contributed by atoms with Crippen molar-refractivity contribution in [3.63, 3.8) is 0 Å². The summed E-state index contributed by atoms with van der Waals surface area (Å²) >= 11 is 3.17. The molecule has 0 N–H and O–H groups in total. The van der Waals surface area contributed by atoms with Gasteiger partial charge in [-0.15, -0.1) is 28.1 Å². The second-order valence-corrected chi connectivity index (χ2v) is 7.88. The normalized spacial score (nSPS) is 16.7. The van der Waals surface area contributed by atoms with Gasteiger partial charge in [0.1, 0.15) is 0 Å². The Labute approximate surface area is 150 Å². The molecule has 2 aromatic rings. The Hall–Kier alpha value is -1.60. The first-order valence-electron chi connectivity index (χ1n) is 7.97. The molecule has 7 heteroatoms. The fraction of sp³-hybridized carbons (Fsp3) is 0.471. The minimum Gasteiger partial charge on any atom is -0.468 e. The van der Waals surface area contributed by atoms with Crippen molar-refractivity contribution in [1.82, 2.24) is 14.8 Å². The molecule has 0 saturated carbocycles. The highest BCUT2D eigenvalue weighted by Crippen LogP contribution is 2.38. The number of fused-ring (bicyclic) bond motifs is 1. The van der Waals surface area contributed by atoms with Gasteiger partial charge in [0, 0.05) is 22.4 Å². The minimum absolute atomic E-state index is 0.227. The molecule has 1 atom stereocenters. The Morgan fingerprint density at radius 1 is 1.58 bits per heavy atom. The topological polar surface area (TPSA) is 57.0 Å². The molecule has 0 fully saturated rings. The maximum Gasteiger partial charge on any atom is 0.316 e. The predicted octanol–water partition coefficient (Wildman–Crippen LogP) is 3.58. The zero-order valence-corrected chi connectivity index (χ0v) is 15.6. The molecule has 0 aromatic carbocycles. The van der Waals surface area contributed by atoms with E-state index in [1.807, 2.05) is 22.0 Å². The summed E-state index contributed by atoms with van der Waals surface area (Å²) in [6.07, 6.45) is 5.30. The lowest BCUT2D eigenvalue weighted by Crippen LogP contribution is -2.10. The number of carbonyl (C=O) groups excluding carboxylic acids is 1. The van der Waals surface area contributed by atoms with Crippen LogP contribution in [0.3, 0.4) is 0 Å². The lowest BCUT2D eigenvalue weighted by Gasteiger charge is -2.19. The number of ether oxygens (including phenoxy) is 1. The van der Waals surface area contributed by atoms with E-state index in [9.17, 15) is 4.79 Å². The van der Waals surface area contributed by atoms with E-state index >= 15 is 0 Å². The smallest absolute Gasteiger partial charge is 0.316 e. The number of methoxy groups -OCH3 is 1. The Kier molecular flexibility index (Phi) is 5.40. The third kappa shape index (κ3) is 3.42. The van der Waals surface area contributed by atoms with E-state index in [2.05, 4.69) is 29.1 Å². The molecule has 0 radical (unpaired) electrons. The van der Waals surface area contributed by atoms with Crippen molar-refractivity contribution in [2.24, 2.45) is 5.92 Å². The Bertz CT molecular complexity index is 751. The number of allylic oxidation sites excluding steroid dienone is 1. The van der Waals surface area contributed by atoms with Crippen molar-refractivity contribution in [3.8, 4) is 11.4 Å². The summed E-state index contributed by atoms with van der Waals surface area (Å²) in [5, 5.41) is 11.6. The van der Waals surface area contributed by atoms with Crippen molar-refractivity contribution in [1.29, 1.82) is 0 Å². The minimum atomic E-state index is -0.267. The number of carbonyl (C=O) groups is 1. The van der Waals surface area contributed by atoms with E-state index in [-0.39, 0.29) is 11.7 Å². The molecular weight excluding hydrogens is 342 g/mol. The highest BCUT2D eigenvalue weighted by Gasteiger charge is 2.24. The molecule has 128 valence electrons. The van der Waals surface area contributed by atoms with Crippen LogP contribution >= 0.6 is 23.1 Å². The van der Waals surface area contributed by atoms with E-state index in [0.29, 0.717) is 6.54 Å². The van der Waals surface area contributed by atoms with Gasteiger partial charge in [0.15, 0.2) is 11.0 Å². The molecular formula is C17H21N3O2S2. The van der Waals surface area contributed by atoms with Gasteiger partial charge in [-0.2, -0.15) is 0 Å². The Morgan fingerprint density at radius 2 is 2.42 bits per heavy atom. The van der Waals surface area contributed by atoms with Crippen molar-refractivity contribution in [2.75, 3.05) is 12.9 Å². The SMILES string of the molecule is C=CCn1c(SCC(=O)OC)nnc1-c1csc2c1CC[C@@H](C)C2. The number of thioether (sulfide) groups is 1. The number of nitrogens with zero attached hydrogens (tertiary/aromatic N) is 3. The highest BCUT2D eigenvalue weighted by atomic mass is 32.2. The summed E-state index contributed by atoms with van der Waals surface area (Å²) in [6.45, 7) is 6.76. The first-order valence-corrected chi connectivity index (χ1v) is 9.83. The van der Waals surface area contributed by atoms with Crippen LogP contribution in [-0.4, -0.2) is 33.6 Å². The molecule has 5 nitrogen and oxygen atoms in total.